The molecule has 2 aromatic rings. The van der Waals surface area contributed by atoms with Gasteiger partial charge < -0.3 is 15.4 Å². The zero-order chi connectivity index (χ0) is 16.7. The summed E-state index contributed by atoms with van der Waals surface area (Å²) in [5, 5.41) is 5.43. The number of para-hydroxylation sites is 1. The van der Waals surface area contributed by atoms with E-state index in [1.54, 1.807) is 24.3 Å². The Kier molecular flexibility index (Phi) is 6.17. The number of esters is 1. The van der Waals surface area contributed by atoms with E-state index in [-0.39, 0.29) is 6.03 Å². The van der Waals surface area contributed by atoms with Crippen molar-refractivity contribution in [2.75, 3.05) is 19.0 Å². The first kappa shape index (κ1) is 17.0. The average molecular weight is 377 g/mol. The van der Waals surface area contributed by atoms with Gasteiger partial charge in [-0.05, 0) is 36.2 Å². The van der Waals surface area contributed by atoms with Crippen LogP contribution >= 0.6 is 15.9 Å². The minimum atomic E-state index is -0.491. The van der Waals surface area contributed by atoms with Crippen LogP contribution in [0.3, 0.4) is 0 Å². The molecular formula is C17H17BrN2O3. The van der Waals surface area contributed by atoms with Gasteiger partial charge in [0, 0.05) is 11.0 Å². The van der Waals surface area contributed by atoms with Crippen LogP contribution in [-0.4, -0.2) is 25.7 Å². The highest BCUT2D eigenvalue weighted by atomic mass is 79.9. The minimum Gasteiger partial charge on any atom is -0.465 e. The molecule has 0 bridgehead atoms. The van der Waals surface area contributed by atoms with Crippen molar-refractivity contribution < 1.29 is 14.3 Å². The van der Waals surface area contributed by atoms with E-state index < -0.39 is 5.97 Å². The molecule has 120 valence electrons. The van der Waals surface area contributed by atoms with E-state index in [1.165, 1.54) is 7.11 Å². The van der Waals surface area contributed by atoms with Crippen LogP contribution in [0.5, 0.6) is 0 Å². The van der Waals surface area contributed by atoms with Crippen LogP contribution in [0, 0.1) is 0 Å². The normalized spacial score (nSPS) is 10.0. The van der Waals surface area contributed by atoms with Gasteiger partial charge in [0.15, 0.2) is 0 Å². The Labute approximate surface area is 143 Å². The summed E-state index contributed by atoms with van der Waals surface area (Å²) in [6.07, 6.45) is 0.714. The number of halogens is 1. The molecule has 0 aliphatic carbocycles. The molecule has 6 heteroatoms. The molecular weight excluding hydrogens is 360 g/mol. The van der Waals surface area contributed by atoms with E-state index in [1.807, 2.05) is 24.3 Å². The van der Waals surface area contributed by atoms with Gasteiger partial charge >= 0.3 is 12.0 Å². The number of carbonyl (C=O) groups excluding carboxylic acids is 2. The van der Waals surface area contributed by atoms with Crippen molar-refractivity contribution in [2.24, 2.45) is 0 Å². The maximum absolute atomic E-state index is 11.9. The highest BCUT2D eigenvalue weighted by Gasteiger charge is 2.12. The number of benzene rings is 2. The molecule has 2 aromatic carbocycles. The number of hydrogen-bond acceptors (Lipinski definition) is 3. The van der Waals surface area contributed by atoms with Crippen molar-refractivity contribution in [1.29, 1.82) is 0 Å². The predicted molar refractivity (Wildman–Crippen MR) is 92.6 cm³/mol. The maximum Gasteiger partial charge on any atom is 0.339 e. The molecule has 0 radical (unpaired) electrons. The maximum atomic E-state index is 11.9. The number of hydrogen-bond donors (Lipinski definition) is 2. The number of ether oxygens (including phenoxy) is 1. The summed E-state index contributed by atoms with van der Waals surface area (Å²) in [7, 11) is 1.30. The molecule has 0 atom stereocenters. The van der Waals surface area contributed by atoms with Crippen molar-refractivity contribution >= 4 is 33.6 Å². The second-order valence-electron chi connectivity index (χ2n) is 4.80. The molecule has 5 nitrogen and oxygen atoms in total. The summed E-state index contributed by atoms with van der Waals surface area (Å²) in [4.78, 5) is 23.6. The second kappa shape index (κ2) is 8.33. The van der Waals surface area contributed by atoms with Gasteiger partial charge in [0.25, 0.3) is 0 Å². The quantitative estimate of drug-likeness (QED) is 0.783. The Balaban J connectivity index is 1.89. The lowest BCUT2D eigenvalue weighted by molar-refractivity contribution is 0.0602. The van der Waals surface area contributed by atoms with Gasteiger partial charge in [-0.3, -0.25) is 0 Å². The van der Waals surface area contributed by atoms with Gasteiger partial charge in [-0.15, -0.1) is 0 Å². The largest absolute Gasteiger partial charge is 0.465 e. The zero-order valence-electron chi connectivity index (χ0n) is 12.6. The molecule has 2 amide bonds. The highest BCUT2D eigenvalue weighted by molar-refractivity contribution is 9.10. The number of urea groups is 1. The molecule has 0 saturated heterocycles. The highest BCUT2D eigenvalue weighted by Crippen LogP contribution is 2.16. The van der Waals surface area contributed by atoms with Gasteiger partial charge in [0.05, 0.1) is 18.4 Å². The monoisotopic (exact) mass is 376 g/mol. The van der Waals surface area contributed by atoms with Gasteiger partial charge in [-0.1, -0.05) is 40.2 Å². The van der Waals surface area contributed by atoms with E-state index in [2.05, 4.69) is 26.6 Å². The SMILES string of the molecule is COC(=O)c1ccccc1NC(=O)NCCc1cccc(Br)c1. The van der Waals surface area contributed by atoms with Gasteiger partial charge in [-0.25, -0.2) is 9.59 Å². The third kappa shape index (κ3) is 5.10. The summed E-state index contributed by atoms with van der Waals surface area (Å²) < 4.78 is 5.70. The summed E-state index contributed by atoms with van der Waals surface area (Å²) in [6.45, 7) is 0.489. The van der Waals surface area contributed by atoms with Crippen LogP contribution in [-0.2, 0) is 11.2 Å². The fraction of sp³-hybridized carbons (Fsp3) is 0.176. The lowest BCUT2D eigenvalue weighted by Crippen LogP contribution is -2.31. The Morgan fingerprint density at radius 1 is 1.13 bits per heavy atom. The number of methoxy groups -OCH3 is 1. The Bertz CT molecular complexity index is 704. The zero-order valence-corrected chi connectivity index (χ0v) is 14.2. The smallest absolute Gasteiger partial charge is 0.339 e. The Hall–Kier alpha value is -2.34. The summed E-state index contributed by atoms with van der Waals surface area (Å²) in [5.74, 6) is -0.491. The van der Waals surface area contributed by atoms with E-state index in [4.69, 9.17) is 4.74 Å². The molecule has 0 spiro atoms. The lowest BCUT2D eigenvalue weighted by atomic mass is 10.1. The Morgan fingerprint density at radius 3 is 2.65 bits per heavy atom. The van der Waals surface area contributed by atoms with Gasteiger partial charge in [0.2, 0.25) is 0 Å². The molecule has 0 saturated carbocycles. The van der Waals surface area contributed by atoms with Crippen LogP contribution < -0.4 is 10.6 Å². The van der Waals surface area contributed by atoms with Crippen LogP contribution in [0.1, 0.15) is 15.9 Å². The minimum absolute atomic E-state index is 0.317. The molecule has 0 aliphatic rings. The molecule has 2 N–H and O–H groups in total. The number of amides is 2. The first-order valence-electron chi connectivity index (χ1n) is 7.07. The molecule has 0 fully saturated rings. The Morgan fingerprint density at radius 2 is 1.91 bits per heavy atom. The fourth-order valence-electron chi connectivity index (χ4n) is 2.06. The van der Waals surface area contributed by atoms with Gasteiger partial charge in [-0.2, -0.15) is 0 Å². The molecule has 23 heavy (non-hydrogen) atoms. The molecule has 2 rings (SSSR count). The predicted octanol–water partition coefficient (Wildman–Crippen LogP) is 3.60. The molecule has 0 aromatic heterocycles. The lowest BCUT2D eigenvalue weighted by Gasteiger charge is -2.10. The summed E-state index contributed by atoms with van der Waals surface area (Å²) in [6, 6.07) is 14.2. The van der Waals surface area contributed by atoms with E-state index in [0.29, 0.717) is 24.2 Å². The molecule has 0 heterocycles. The van der Waals surface area contributed by atoms with Crippen molar-refractivity contribution in [3.8, 4) is 0 Å². The molecule has 0 aliphatic heterocycles. The number of nitrogens with one attached hydrogen (secondary N) is 2. The van der Waals surface area contributed by atoms with Crippen LogP contribution in [0.25, 0.3) is 0 Å². The molecule has 0 unspecified atom stereocenters. The summed E-state index contributed by atoms with van der Waals surface area (Å²) >= 11 is 3.41. The first-order chi connectivity index (χ1) is 11.1. The van der Waals surface area contributed by atoms with Crippen molar-refractivity contribution in [1.82, 2.24) is 5.32 Å². The summed E-state index contributed by atoms with van der Waals surface area (Å²) in [5.41, 5.74) is 1.85. The van der Waals surface area contributed by atoms with Gasteiger partial charge in [0.1, 0.15) is 0 Å². The van der Waals surface area contributed by atoms with Crippen LogP contribution in [0.15, 0.2) is 53.0 Å². The van der Waals surface area contributed by atoms with Crippen molar-refractivity contribution in [3.63, 3.8) is 0 Å². The first-order valence-corrected chi connectivity index (χ1v) is 7.86. The number of carbonyl (C=O) groups is 2. The van der Waals surface area contributed by atoms with Crippen molar-refractivity contribution in [2.45, 2.75) is 6.42 Å². The van der Waals surface area contributed by atoms with E-state index >= 15 is 0 Å². The average Bonchev–Trinajstić information content (AvgIpc) is 2.55. The van der Waals surface area contributed by atoms with Crippen LogP contribution in [0.2, 0.25) is 0 Å². The van der Waals surface area contributed by atoms with Crippen LogP contribution in [0.4, 0.5) is 10.5 Å². The van der Waals surface area contributed by atoms with Crippen molar-refractivity contribution in [3.05, 3.63) is 64.1 Å². The van der Waals surface area contributed by atoms with E-state index in [0.717, 1.165) is 10.0 Å². The standard InChI is InChI=1S/C17H17BrN2O3/c1-23-16(21)14-7-2-3-8-15(14)20-17(22)19-10-9-12-5-4-6-13(18)11-12/h2-8,11H,9-10H2,1H3,(H2,19,20,22). The third-order valence-electron chi connectivity index (χ3n) is 3.17. The fourth-order valence-corrected chi connectivity index (χ4v) is 2.51. The van der Waals surface area contributed by atoms with E-state index in [9.17, 15) is 9.59 Å². The topological polar surface area (TPSA) is 67.4 Å². The number of rotatable bonds is 5. The third-order valence-corrected chi connectivity index (χ3v) is 3.66. The number of anilines is 1. The second-order valence-corrected chi connectivity index (χ2v) is 5.71.